The standard InChI is InChI=1S/C12H21N3/c1-11(8-13)10-15(2)7-5-12-4-3-6-14-9-12/h3-4,6,9,11H,5,7-8,10,13H2,1-2H3. The minimum atomic E-state index is 0.573. The maximum atomic E-state index is 5.59. The average Bonchev–Trinajstić information content (AvgIpc) is 2.27. The van der Waals surface area contributed by atoms with Crippen molar-refractivity contribution in [3.63, 3.8) is 0 Å². The molecule has 1 unspecified atom stereocenters. The normalized spacial score (nSPS) is 13.1. The third-order valence-corrected chi connectivity index (χ3v) is 2.53. The molecular formula is C12H21N3. The van der Waals surface area contributed by atoms with Crippen LogP contribution in [0.5, 0.6) is 0 Å². The molecule has 3 nitrogen and oxygen atoms in total. The summed E-state index contributed by atoms with van der Waals surface area (Å²) >= 11 is 0. The Morgan fingerprint density at radius 3 is 2.93 bits per heavy atom. The molecule has 0 bridgehead atoms. The lowest BCUT2D eigenvalue weighted by molar-refractivity contribution is 0.292. The number of nitrogens with two attached hydrogens (primary N) is 1. The lowest BCUT2D eigenvalue weighted by Crippen LogP contribution is -2.29. The molecule has 1 aromatic rings. The smallest absolute Gasteiger partial charge is 0.0300 e. The molecule has 84 valence electrons. The van der Waals surface area contributed by atoms with Crippen molar-refractivity contribution in [1.82, 2.24) is 9.88 Å². The summed E-state index contributed by atoms with van der Waals surface area (Å²) in [5, 5.41) is 0. The number of likely N-dealkylation sites (N-methyl/N-ethyl adjacent to an activating group) is 1. The highest BCUT2D eigenvalue weighted by Crippen LogP contribution is 2.00. The van der Waals surface area contributed by atoms with Gasteiger partial charge in [0.25, 0.3) is 0 Å². The van der Waals surface area contributed by atoms with E-state index in [0.29, 0.717) is 5.92 Å². The van der Waals surface area contributed by atoms with Crippen LogP contribution in [-0.4, -0.2) is 36.6 Å². The molecule has 0 saturated carbocycles. The second kappa shape index (κ2) is 6.53. The monoisotopic (exact) mass is 207 g/mol. The summed E-state index contributed by atoms with van der Waals surface area (Å²) in [4.78, 5) is 6.43. The summed E-state index contributed by atoms with van der Waals surface area (Å²) in [5.41, 5.74) is 6.89. The first-order chi connectivity index (χ1) is 7.22. The van der Waals surface area contributed by atoms with Crippen LogP contribution >= 0.6 is 0 Å². The van der Waals surface area contributed by atoms with Crippen molar-refractivity contribution in [2.75, 3.05) is 26.7 Å². The van der Waals surface area contributed by atoms with Crippen molar-refractivity contribution in [2.45, 2.75) is 13.3 Å². The van der Waals surface area contributed by atoms with Crippen LogP contribution in [0.2, 0.25) is 0 Å². The number of pyridine rings is 1. The third-order valence-electron chi connectivity index (χ3n) is 2.53. The van der Waals surface area contributed by atoms with Crippen LogP contribution in [0.25, 0.3) is 0 Å². The highest BCUT2D eigenvalue weighted by Gasteiger charge is 2.04. The van der Waals surface area contributed by atoms with E-state index < -0.39 is 0 Å². The van der Waals surface area contributed by atoms with Crippen molar-refractivity contribution in [3.05, 3.63) is 30.1 Å². The van der Waals surface area contributed by atoms with E-state index in [9.17, 15) is 0 Å². The van der Waals surface area contributed by atoms with E-state index in [4.69, 9.17) is 5.73 Å². The van der Waals surface area contributed by atoms with Gasteiger partial charge in [0.15, 0.2) is 0 Å². The highest BCUT2D eigenvalue weighted by molar-refractivity contribution is 5.08. The van der Waals surface area contributed by atoms with E-state index in [2.05, 4.69) is 29.9 Å². The van der Waals surface area contributed by atoms with Gasteiger partial charge in [-0.05, 0) is 37.6 Å². The highest BCUT2D eigenvalue weighted by atomic mass is 15.1. The van der Waals surface area contributed by atoms with Crippen molar-refractivity contribution in [2.24, 2.45) is 11.7 Å². The Morgan fingerprint density at radius 1 is 1.53 bits per heavy atom. The summed E-state index contributed by atoms with van der Waals surface area (Å²) in [6.45, 7) is 5.07. The average molecular weight is 207 g/mol. The quantitative estimate of drug-likeness (QED) is 0.761. The molecule has 1 heterocycles. The molecule has 0 radical (unpaired) electrons. The Labute approximate surface area is 92.3 Å². The Balaban J connectivity index is 2.25. The maximum Gasteiger partial charge on any atom is 0.0300 e. The van der Waals surface area contributed by atoms with Crippen LogP contribution in [-0.2, 0) is 6.42 Å². The molecule has 0 spiro atoms. The van der Waals surface area contributed by atoms with Crippen molar-refractivity contribution >= 4 is 0 Å². The Morgan fingerprint density at radius 2 is 2.33 bits per heavy atom. The molecule has 0 aliphatic rings. The Bertz CT molecular complexity index is 261. The zero-order valence-electron chi connectivity index (χ0n) is 9.69. The van der Waals surface area contributed by atoms with Crippen LogP contribution in [0.4, 0.5) is 0 Å². The van der Waals surface area contributed by atoms with Gasteiger partial charge in [-0.15, -0.1) is 0 Å². The van der Waals surface area contributed by atoms with Crippen molar-refractivity contribution in [3.8, 4) is 0 Å². The number of hydrogen-bond acceptors (Lipinski definition) is 3. The molecule has 15 heavy (non-hydrogen) atoms. The fourth-order valence-corrected chi connectivity index (χ4v) is 1.56. The van der Waals surface area contributed by atoms with E-state index in [1.54, 1.807) is 0 Å². The van der Waals surface area contributed by atoms with Crippen LogP contribution < -0.4 is 5.73 Å². The topological polar surface area (TPSA) is 42.1 Å². The number of aromatic nitrogens is 1. The maximum absolute atomic E-state index is 5.59. The molecule has 0 aliphatic carbocycles. The van der Waals surface area contributed by atoms with Crippen LogP contribution in [0.3, 0.4) is 0 Å². The SMILES string of the molecule is CC(CN)CN(C)CCc1cccnc1. The van der Waals surface area contributed by atoms with Gasteiger partial charge in [0.05, 0.1) is 0 Å². The molecule has 0 aliphatic heterocycles. The first-order valence-electron chi connectivity index (χ1n) is 5.50. The van der Waals surface area contributed by atoms with E-state index in [1.807, 2.05) is 18.5 Å². The predicted octanol–water partition coefficient (Wildman–Crippen LogP) is 1.15. The van der Waals surface area contributed by atoms with E-state index in [1.165, 1.54) is 5.56 Å². The van der Waals surface area contributed by atoms with E-state index >= 15 is 0 Å². The molecular weight excluding hydrogens is 186 g/mol. The number of rotatable bonds is 6. The zero-order valence-corrected chi connectivity index (χ0v) is 9.69. The van der Waals surface area contributed by atoms with Crippen molar-refractivity contribution in [1.29, 1.82) is 0 Å². The Hall–Kier alpha value is -0.930. The van der Waals surface area contributed by atoms with Gasteiger partial charge in [-0.25, -0.2) is 0 Å². The molecule has 1 atom stereocenters. The first kappa shape index (κ1) is 12.1. The fourth-order valence-electron chi connectivity index (χ4n) is 1.56. The molecule has 0 fully saturated rings. The van der Waals surface area contributed by atoms with Gasteiger partial charge in [0.1, 0.15) is 0 Å². The lowest BCUT2D eigenvalue weighted by atomic mass is 10.1. The second-order valence-corrected chi connectivity index (χ2v) is 4.21. The predicted molar refractivity (Wildman–Crippen MR) is 63.7 cm³/mol. The van der Waals surface area contributed by atoms with Crippen molar-refractivity contribution < 1.29 is 0 Å². The summed E-state index contributed by atoms with van der Waals surface area (Å²) in [6.07, 6.45) is 4.80. The zero-order chi connectivity index (χ0) is 11.1. The molecule has 0 amide bonds. The number of nitrogens with zero attached hydrogens (tertiary/aromatic N) is 2. The van der Waals surface area contributed by atoms with Gasteiger partial charge >= 0.3 is 0 Å². The van der Waals surface area contributed by atoms with E-state index in [-0.39, 0.29) is 0 Å². The largest absolute Gasteiger partial charge is 0.330 e. The van der Waals surface area contributed by atoms with Gasteiger partial charge in [-0.1, -0.05) is 13.0 Å². The molecule has 0 saturated heterocycles. The fraction of sp³-hybridized carbons (Fsp3) is 0.583. The summed E-state index contributed by atoms with van der Waals surface area (Å²) < 4.78 is 0. The molecule has 1 rings (SSSR count). The summed E-state index contributed by atoms with van der Waals surface area (Å²) in [7, 11) is 2.14. The first-order valence-corrected chi connectivity index (χ1v) is 5.50. The minimum absolute atomic E-state index is 0.573. The van der Waals surface area contributed by atoms with Crippen LogP contribution in [0, 0.1) is 5.92 Å². The minimum Gasteiger partial charge on any atom is -0.330 e. The summed E-state index contributed by atoms with van der Waals surface area (Å²) in [6, 6.07) is 4.10. The summed E-state index contributed by atoms with van der Waals surface area (Å²) in [5.74, 6) is 0.573. The van der Waals surface area contributed by atoms with Gasteiger partial charge in [-0.2, -0.15) is 0 Å². The molecule has 2 N–H and O–H groups in total. The van der Waals surface area contributed by atoms with Crippen LogP contribution in [0.15, 0.2) is 24.5 Å². The van der Waals surface area contributed by atoms with Gasteiger partial charge in [-0.3, -0.25) is 4.98 Å². The lowest BCUT2D eigenvalue weighted by Gasteiger charge is -2.20. The van der Waals surface area contributed by atoms with Gasteiger partial charge < -0.3 is 10.6 Å². The van der Waals surface area contributed by atoms with Crippen LogP contribution in [0.1, 0.15) is 12.5 Å². The van der Waals surface area contributed by atoms with Gasteiger partial charge in [0.2, 0.25) is 0 Å². The number of hydrogen-bond donors (Lipinski definition) is 1. The molecule has 3 heteroatoms. The molecule has 0 aromatic carbocycles. The second-order valence-electron chi connectivity index (χ2n) is 4.21. The third kappa shape index (κ3) is 4.91. The Kier molecular flexibility index (Phi) is 5.29. The van der Waals surface area contributed by atoms with Gasteiger partial charge in [0, 0.05) is 25.5 Å². The van der Waals surface area contributed by atoms with E-state index in [0.717, 1.165) is 26.1 Å². The molecule has 1 aromatic heterocycles.